The monoisotopic (exact) mass is 319 g/mol. The minimum absolute atomic E-state index is 0. The fourth-order valence-corrected chi connectivity index (χ4v) is 3.79. The molecule has 0 amide bonds. The molecule has 0 aromatic heterocycles. The Balaban J connectivity index is 0.00000200. The van der Waals surface area contributed by atoms with Crippen LogP contribution in [0.1, 0.15) is 18.9 Å². The van der Waals surface area contributed by atoms with Crippen molar-refractivity contribution < 1.29 is 18.3 Å². The van der Waals surface area contributed by atoms with Crippen LogP contribution in [-0.2, 0) is 21.2 Å². The minimum atomic E-state index is -3.57. The molecule has 1 atom stereocenters. The topological polar surface area (TPSA) is 74.7 Å². The Hall–Kier alpha value is -1.11. The number of carboxylic acids is 1. The zero-order valence-corrected chi connectivity index (χ0v) is 12.8. The van der Waals surface area contributed by atoms with E-state index in [0.29, 0.717) is 6.42 Å². The summed E-state index contributed by atoms with van der Waals surface area (Å²) in [6.45, 7) is 2.30. The summed E-state index contributed by atoms with van der Waals surface area (Å²) in [5, 5.41) is 8.93. The SMILES string of the molecule is CCc1cccc(S(=O)(=O)N2CCC(C(=O)O)C2)c1.Cl. The van der Waals surface area contributed by atoms with E-state index < -0.39 is 21.9 Å². The van der Waals surface area contributed by atoms with Gasteiger partial charge in [0.25, 0.3) is 0 Å². The third kappa shape index (κ3) is 3.31. The van der Waals surface area contributed by atoms with Gasteiger partial charge in [0.15, 0.2) is 0 Å². The Morgan fingerprint density at radius 2 is 2.15 bits per heavy atom. The van der Waals surface area contributed by atoms with Gasteiger partial charge in [0.1, 0.15) is 0 Å². The lowest BCUT2D eigenvalue weighted by atomic mass is 10.1. The van der Waals surface area contributed by atoms with Crippen LogP contribution in [0, 0.1) is 5.92 Å². The first kappa shape index (κ1) is 16.9. The summed E-state index contributed by atoms with van der Waals surface area (Å²) >= 11 is 0. The molecule has 1 aliphatic rings. The van der Waals surface area contributed by atoms with Crippen molar-refractivity contribution in [3.8, 4) is 0 Å². The first-order valence-electron chi connectivity index (χ1n) is 6.27. The summed E-state index contributed by atoms with van der Waals surface area (Å²) < 4.78 is 26.1. The summed E-state index contributed by atoms with van der Waals surface area (Å²) in [7, 11) is -3.57. The molecule has 2 rings (SSSR count). The van der Waals surface area contributed by atoms with Gasteiger partial charge in [-0.05, 0) is 30.5 Å². The molecular formula is C13H18ClNO4S. The van der Waals surface area contributed by atoms with E-state index in [4.69, 9.17) is 5.11 Å². The molecule has 0 spiro atoms. The number of hydrogen-bond acceptors (Lipinski definition) is 3. The van der Waals surface area contributed by atoms with Crippen LogP contribution in [0.2, 0.25) is 0 Å². The van der Waals surface area contributed by atoms with E-state index in [1.807, 2.05) is 13.0 Å². The number of sulfonamides is 1. The zero-order valence-electron chi connectivity index (χ0n) is 11.2. The Labute approximate surface area is 125 Å². The number of benzene rings is 1. The van der Waals surface area contributed by atoms with Crippen molar-refractivity contribution in [2.24, 2.45) is 5.92 Å². The van der Waals surface area contributed by atoms with E-state index in [0.717, 1.165) is 12.0 Å². The second-order valence-corrected chi connectivity index (χ2v) is 6.63. The highest BCUT2D eigenvalue weighted by molar-refractivity contribution is 7.89. The highest BCUT2D eigenvalue weighted by Crippen LogP contribution is 2.25. The lowest BCUT2D eigenvalue weighted by Crippen LogP contribution is -2.30. The molecule has 0 bridgehead atoms. The smallest absolute Gasteiger partial charge is 0.307 e. The van der Waals surface area contributed by atoms with Crippen LogP contribution in [0.25, 0.3) is 0 Å². The number of rotatable bonds is 4. The molecule has 112 valence electrons. The van der Waals surface area contributed by atoms with Crippen molar-refractivity contribution in [1.82, 2.24) is 4.31 Å². The maximum absolute atomic E-state index is 12.4. The molecular weight excluding hydrogens is 302 g/mol. The first-order valence-corrected chi connectivity index (χ1v) is 7.71. The Bertz CT molecular complexity index is 588. The Morgan fingerprint density at radius 1 is 1.45 bits per heavy atom. The van der Waals surface area contributed by atoms with Gasteiger partial charge in [-0.1, -0.05) is 19.1 Å². The van der Waals surface area contributed by atoms with Crippen LogP contribution >= 0.6 is 12.4 Å². The summed E-state index contributed by atoms with van der Waals surface area (Å²) in [5.74, 6) is -1.52. The van der Waals surface area contributed by atoms with E-state index in [1.54, 1.807) is 18.2 Å². The van der Waals surface area contributed by atoms with Gasteiger partial charge < -0.3 is 5.11 Å². The van der Waals surface area contributed by atoms with E-state index in [-0.39, 0.29) is 30.4 Å². The van der Waals surface area contributed by atoms with Gasteiger partial charge in [0.05, 0.1) is 10.8 Å². The van der Waals surface area contributed by atoms with E-state index in [9.17, 15) is 13.2 Å². The van der Waals surface area contributed by atoms with Gasteiger partial charge in [0, 0.05) is 13.1 Å². The number of nitrogens with zero attached hydrogens (tertiary/aromatic N) is 1. The van der Waals surface area contributed by atoms with Gasteiger partial charge >= 0.3 is 5.97 Å². The van der Waals surface area contributed by atoms with E-state index in [1.165, 1.54) is 4.31 Å². The predicted octanol–water partition coefficient (Wildman–Crippen LogP) is 1.77. The molecule has 0 saturated carbocycles. The molecule has 1 saturated heterocycles. The van der Waals surface area contributed by atoms with Crippen LogP contribution < -0.4 is 0 Å². The van der Waals surface area contributed by atoms with Gasteiger partial charge in [0.2, 0.25) is 10.0 Å². The van der Waals surface area contributed by atoms with Gasteiger partial charge in [-0.15, -0.1) is 12.4 Å². The highest BCUT2D eigenvalue weighted by atomic mass is 35.5. The predicted molar refractivity (Wildman–Crippen MR) is 77.6 cm³/mol. The number of aliphatic carboxylic acids is 1. The number of hydrogen-bond donors (Lipinski definition) is 1. The van der Waals surface area contributed by atoms with Crippen LogP contribution in [-0.4, -0.2) is 36.9 Å². The van der Waals surface area contributed by atoms with Crippen molar-refractivity contribution >= 4 is 28.4 Å². The largest absolute Gasteiger partial charge is 0.481 e. The number of halogens is 1. The summed E-state index contributed by atoms with van der Waals surface area (Å²) in [5.41, 5.74) is 0.954. The van der Waals surface area contributed by atoms with E-state index in [2.05, 4.69) is 0 Å². The molecule has 1 fully saturated rings. The molecule has 0 aliphatic carbocycles. The molecule has 0 radical (unpaired) electrons. The van der Waals surface area contributed by atoms with Crippen molar-refractivity contribution in [1.29, 1.82) is 0 Å². The molecule has 7 heteroatoms. The Kier molecular flexibility index (Phi) is 5.56. The molecule has 1 heterocycles. The standard InChI is InChI=1S/C13H17NO4S.ClH/c1-2-10-4-3-5-12(8-10)19(17,18)14-7-6-11(9-14)13(15)16;/h3-5,8,11H,2,6-7,9H2,1H3,(H,15,16);1H. The van der Waals surface area contributed by atoms with Crippen molar-refractivity contribution in [3.05, 3.63) is 29.8 Å². The van der Waals surface area contributed by atoms with Gasteiger partial charge in [-0.3, -0.25) is 4.79 Å². The third-order valence-corrected chi connectivity index (χ3v) is 5.31. The van der Waals surface area contributed by atoms with Crippen LogP contribution in [0.3, 0.4) is 0 Å². The number of carbonyl (C=O) groups is 1. The quantitative estimate of drug-likeness (QED) is 0.917. The van der Waals surface area contributed by atoms with Crippen molar-refractivity contribution in [2.75, 3.05) is 13.1 Å². The molecule has 1 N–H and O–H groups in total. The maximum Gasteiger partial charge on any atom is 0.307 e. The fraction of sp³-hybridized carbons (Fsp3) is 0.462. The number of aryl methyl sites for hydroxylation is 1. The fourth-order valence-electron chi connectivity index (χ4n) is 2.22. The average Bonchev–Trinajstić information content (AvgIpc) is 2.89. The molecule has 1 aromatic rings. The molecule has 20 heavy (non-hydrogen) atoms. The van der Waals surface area contributed by atoms with Gasteiger partial charge in [-0.25, -0.2) is 8.42 Å². The Morgan fingerprint density at radius 3 is 2.70 bits per heavy atom. The minimum Gasteiger partial charge on any atom is -0.481 e. The average molecular weight is 320 g/mol. The molecule has 1 unspecified atom stereocenters. The van der Waals surface area contributed by atoms with Crippen LogP contribution in [0.4, 0.5) is 0 Å². The third-order valence-electron chi connectivity index (χ3n) is 3.44. The normalized spacial score (nSPS) is 19.6. The van der Waals surface area contributed by atoms with Crippen LogP contribution in [0.5, 0.6) is 0 Å². The summed E-state index contributed by atoms with van der Waals surface area (Å²) in [4.78, 5) is 11.1. The molecule has 5 nitrogen and oxygen atoms in total. The lowest BCUT2D eigenvalue weighted by molar-refractivity contribution is -0.141. The van der Waals surface area contributed by atoms with Crippen molar-refractivity contribution in [2.45, 2.75) is 24.7 Å². The van der Waals surface area contributed by atoms with Crippen molar-refractivity contribution in [3.63, 3.8) is 0 Å². The second kappa shape index (κ2) is 6.56. The maximum atomic E-state index is 12.4. The highest BCUT2D eigenvalue weighted by Gasteiger charge is 2.35. The van der Waals surface area contributed by atoms with Crippen LogP contribution in [0.15, 0.2) is 29.2 Å². The lowest BCUT2D eigenvalue weighted by Gasteiger charge is -2.16. The first-order chi connectivity index (χ1) is 8.95. The second-order valence-electron chi connectivity index (χ2n) is 4.69. The summed E-state index contributed by atoms with van der Waals surface area (Å²) in [6, 6.07) is 6.81. The molecule has 1 aliphatic heterocycles. The number of carboxylic acid groups (broad SMARTS) is 1. The zero-order chi connectivity index (χ0) is 14.0. The van der Waals surface area contributed by atoms with E-state index >= 15 is 0 Å². The molecule has 1 aromatic carbocycles. The van der Waals surface area contributed by atoms with Gasteiger partial charge in [-0.2, -0.15) is 4.31 Å². The summed E-state index contributed by atoms with van der Waals surface area (Å²) in [6.07, 6.45) is 1.14.